The van der Waals surface area contributed by atoms with E-state index in [-0.39, 0.29) is 12.5 Å². The summed E-state index contributed by atoms with van der Waals surface area (Å²) in [7, 11) is 8.19. The van der Waals surface area contributed by atoms with Crippen LogP contribution < -0.4 is 10.1 Å². The summed E-state index contributed by atoms with van der Waals surface area (Å²) in [5, 5.41) is 3.65. The molecule has 1 unspecified atom stereocenters. The van der Waals surface area contributed by atoms with Gasteiger partial charge in [0.1, 0.15) is 23.3 Å². The maximum Gasteiger partial charge on any atom is 0.248 e. The number of likely N-dealkylation sites (N-methyl/N-ethyl adjacent to an activating group) is 3. The van der Waals surface area contributed by atoms with Gasteiger partial charge in [0.05, 0.1) is 18.6 Å². The van der Waals surface area contributed by atoms with Crippen molar-refractivity contribution in [3.05, 3.63) is 23.3 Å². The van der Waals surface area contributed by atoms with Crippen molar-refractivity contribution in [3.63, 3.8) is 0 Å². The lowest BCUT2D eigenvalue weighted by atomic mass is 9.85. The van der Waals surface area contributed by atoms with Gasteiger partial charge >= 0.3 is 0 Å². The number of carbonyl (C=O) groups excluding carboxylic acids is 1. The van der Waals surface area contributed by atoms with Crippen LogP contribution in [0.25, 0.3) is 0 Å². The second kappa shape index (κ2) is 14.9. The lowest BCUT2D eigenvalue weighted by Gasteiger charge is -2.32. The smallest absolute Gasteiger partial charge is 0.248 e. The summed E-state index contributed by atoms with van der Waals surface area (Å²) in [5.41, 5.74) is 1.87. The molecule has 8 nitrogen and oxygen atoms in total. The number of aryl methyl sites for hydroxylation is 2. The van der Waals surface area contributed by atoms with Crippen molar-refractivity contribution in [2.75, 3.05) is 74.7 Å². The van der Waals surface area contributed by atoms with Gasteiger partial charge in [-0.25, -0.2) is 8.51 Å². The minimum atomic E-state index is -1.30. The number of ether oxygens (including phenoxy) is 2. The van der Waals surface area contributed by atoms with Crippen LogP contribution in [0.4, 0.5) is 0 Å². The molecule has 1 fully saturated rings. The number of hydrogen-bond acceptors (Lipinski definition) is 6. The molecule has 2 rings (SSSR count). The minimum absolute atomic E-state index is 0.00171. The van der Waals surface area contributed by atoms with Crippen molar-refractivity contribution < 1.29 is 18.5 Å². The van der Waals surface area contributed by atoms with Gasteiger partial charge in [-0.3, -0.25) is 4.79 Å². The fourth-order valence-electron chi connectivity index (χ4n) is 4.54. The molecule has 1 aliphatic carbocycles. The third-order valence-corrected chi connectivity index (χ3v) is 8.44. The SMILES string of the molecule is COc1cc(C)c(S(=O)N(C)CCOCC(=O)N(C)CC2CCC(NCCN(C)C)CC2)c(C)c1. The summed E-state index contributed by atoms with van der Waals surface area (Å²) in [6.45, 7) is 7.63. The topological polar surface area (TPSA) is 74.3 Å². The van der Waals surface area contributed by atoms with Gasteiger partial charge in [-0.2, -0.15) is 0 Å². The van der Waals surface area contributed by atoms with E-state index in [1.807, 2.05) is 40.1 Å². The van der Waals surface area contributed by atoms with E-state index in [9.17, 15) is 9.00 Å². The van der Waals surface area contributed by atoms with Gasteiger partial charge in [0.15, 0.2) is 0 Å². The summed E-state index contributed by atoms with van der Waals surface area (Å²) in [5.74, 6) is 1.32. The molecule has 200 valence electrons. The van der Waals surface area contributed by atoms with Crippen molar-refractivity contribution in [1.29, 1.82) is 0 Å². The predicted octanol–water partition coefficient (Wildman–Crippen LogP) is 2.45. The van der Waals surface area contributed by atoms with Crippen molar-refractivity contribution in [1.82, 2.24) is 19.4 Å². The monoisotopic (exact) mass is 510 g/mol. The zero-order valence-electron chi connectivity index (χ0n) is 22.8. The molecule has 1 saturated carbocycles. The molecule has 35 heavy (non-hydrogen) atoms. The maximum absolute atomic E-state index is 13.0. The summed E-state index contributed by atoms with van der Waals surface area (Å²) in [4.78, 5) is 17.3. The van der Waals surface area contributed by atoms with Crippen LogP contribution in [0.2, 0.25) is 0 Å². The van der Waals surface area contributed by atoms with Crippen LogP contribution in [0.1, 0.15) is 36.8 Å². The molecule has 1 atom stereocenters. The van der Waals surface area contributed by atoms with Gasteiger partial charge in [-0.15, -0.1) is 0 Å². The van der Waals surface area contributed by atoms with Crippen LogP contribution in [0.5, 0.6) is 5.75 Å². The van der Waals surface area contributed by atoms with E-state index in [1.54, 1.807) is 16.3 Å². The van der Waals surface area contributed by atoms with E-state index >= 15 is 0 Å². The van der Waals surface area contributed by atoms with E-state index < -0.39 is 11.0 Å². The Labute approximate surface area is 214 Å². The Morgan fingerprint density at radius 1 is 1.06 bits per heavy atom. The number of hydrogen-bond donors (Lipinski definition) is 1. The van der Waals surface area contributed by atoms with Crippen molar-refractivity contribution in [2.24, 2.45) is 5.92 Å². The highest BCUT2D eigenvalue weighted by atomic mass is 32.2. The van der Waals surface area contributed by atoms with Crippen LogP contribution in [-0.4, -0.2) is 105 Å². The normalized spacial score (nSPS) is 19.2. The average molecular weight is 511 g/mol. The lowest BCUT2D eigenvalue weighted by Crippen LogP contribution is -2.40. The number of rotatable bonds is 14. The fourth-order valence-corrected chi connectivity index (χ4v) is 5.76. The molecular formula is C26H46N4O4S. The molecule has 0 bridgehead atoms. The molecule has 0 radical (unpaired) electrons. The van der Waals surface area contributed by atoms with Crippen molar-refractivity contribution in [2.45, 2.75) is 50.5 Å². The third-order valence-electron chi connectivity index (χ3n) is 6.70. The zero-order chi connectivity index (χ0) is 26.0. The number of methoxy groups -OCH3 is 1. The zero-order valence-corrected chi connectivity index (χ0v) is 23.6. The molecule has 0 spiro atoms. The van der Waals surface area contributed by atoms with Crippen LogP contribution in [0.3, 0.4) is 0 Å². The standard InChI is InChI=1S/C26H46N4O4S/c1-20-16-24(33-7)17-21(2)26(20)35(32)30(6)14-15-34-19-25(31)29(5)18-22-8-10-23(11-9-22)27-12-13-28(3)4/h16-17,22-23,27H,8-15,18-19H2,1-7H3. The fraction of sp³-hybridized carbons (Fsp3) is 0.731. The van der Waals surface area contributed by atoms with Gasteiger partial charge < -0.3 is 24.6 Å². The van der Waals surface area contributed by atoms with Crippen LogP contribution in [0.15, 0.2) is 17.0 Å². The van der Waals surface area contributed by atoms with E-state index in [4.69, 9.17) is 9.47 Å². The molecule has 9 heteroatoms. The molecule has 0 aliphatic heterocycles. The maximum atomic E-state index is 13.0. The first-order chi connectivity index (χ1) is 16.6. The highest BCUT2D eigenvalue weighted by molar-refractivity contribution is 7.82. The van der Waals surface area contributed by atoms with E-state index in [0.29, 0.717) is 25.1 Å². The molecule has 1 aliphatic rings. The summed E-state index contributed by atoms with van der Waals surface area (Å²) >= 11 is 0. The van der Waals surface area contributed by atoms with Gasteiger partial charge in [0, 0.05) is 46.3 Å². The molecule has 1 amide bonds. The Hall–Kier alpha value is -1.52. The second-order valence-corrected chi connectivity index (χ2v) is 11.5. The number of carbonyl (C=O) groups is 1. The number of amides is 1. The molecule has 1 N–H and O–H groups in total. The second-order valence-electron chi connectivity index (χ2n) is 9.99. The van der Waals surface area contributed by atoms with Crippen molar-refractivity contribution >= 4 is 16.9 Å². The predicted molar refractivity (Wildman–Crippen MR) is 142 cm³/mol. The molecule has 1 aromatic carbocycles. The first-order valence-corrected chi connectivity index (χ1v) is 13.7. The minimum Gasteiger partial charge on any atom is -0.497 e. The number of benzene rings is 1. The Morgan fingerprint density at radius 2 is 1.69 bits per heavy atom. The molecule has 1 aromatic rings. The number of nitrogens with one attached hydrogen (secondary N) is 1. The van der Waals surface area contributed by atoms with E-state index in [1.165, 1.54) is 12.8 Å². The Morgan fingerprint density at radius 3 is 2.26 bits per heavy atom. The highest BCUT2D eigenvalue weighted by Crippen LogP contribution is 2.26. The third kappa shape index (κ3) is 9.80. The van der Waals surface area contributed by atoms with Gasteiger partial charge in [-0.05, 0) is 82.8 Å². The van der Waals surface area contributed by atoms with Crippen LogP contribution in [0, 0.1) is 19.8 Å². The lowest BCUT2D eigenvalue weighted by molar-refractivity contribution is -0.135. The molecule has 0 saturated heterocycles. The van der Waals surface area contributed by atoms with E-state index in [0.717, 1.165) is 54.2 Å². The Bertz CT molecular complexity index is 805. The largest absolute Gasteiger partial charge is 0.497 e. The summed E-state index contributed by atoms with van der Waals surface area (Å²) in [6, 6.07) is 4.39. The highest BCUT2D eigenvalue weighted by Gasteiger charge is 2.23. The first-order valence-electron chi connectivity index (χ1n) is 12.6. The summed E-state index contributed by atoms with van der Waals surface area (Å²) < 4.78 is 25.7. The number of nitrogens with zero attached hydrogens (tertiary/aromatic N) is 3. The van der Waals surface area contributed by atoms with Gasteiger partial charge in [0.2, 0.25) is 5.91 Å². The quantitative estimate of drug-likeness (QED) is 0.388. The van der Waals surface area contributed by atoms with Gasteiger partial charge in [-0.1, -0.05) is 0 Å². The summed E-state index contributed by atoms with van der Waals surface area (Å²) in [6.07, 6.45) is 4.65. The van der Waals surface area contributed by atoms with Crippen LogP contribution >= 0.6 is 0 Å². The first kappa shape index (κ1) is 29.7. The molecule has 0 heterocycles. The Kier molecular flexibility index (Phi) is 12.6. The molecular weight excluding hydrogens is 464 g/mol. The van der Waals surface area contributed by atoms with E-state index in [2.05, 4.69) is 24.3 Å². The average Bonchev–Trinajstić information content (AvgIpc) is 2.81. The van der Waals surface area contributed by atoms with Crippen LogP contribution in [-0.2, 0) is 20.5 Å². The molecule has 0 aromatic heterocycles. The van der Waals surface area contributed by atoms with Crippen molar-refractivity contribution in [3.8, 4) is 5.75 Å². The van der Waals surface area contributed by atoms with Gasteiger partial charge in [0.25, 0.3) is 0 Å². The Balaban J connectivity index is 1.66.